The van der Waals surface area contributed by atoms with Crippen molar-refractivity contribution in [3.8, 4) is 0 Å². The van der Waals surface area contributed by atoms with Gasteiger partial charge in [-0.25, -0.2) is 9.97 Å². The Balaban J connectivity index is 1.41. The lowest BCUT2D eigenvalue weighted by atomic mass is 10.0. The topological polar surface area (TPSA) is 297 Å². The van der Waals surface area contributed by atoms with E-state index in [0.29, 0.717) is 23.4 Å². The van der Waals surface area contributed by atoms with E-state index in [9.17, 15) is 38.7 Å². The predicted molar refractivity (Wildman–Crippen MR) is 224 cm³/mol. The van der Waals surface area contributed by atoms with Crippen LogP contribution in [0.25, 0.3) is 10.9 Å². The Kier molecular flexibility index (Phi) is 17.5. The molecule has 1 unspecified atom stereocenters. The van der Waals surface area contributed by atoms with Gasteiger partial charge in [0, 0.05) is 67.1 Å². The van der Waals surface area contributed by atoms with Crippen LogP contribution in [0.15, 0.2) is 55.5 Å². The maximum atomic E-state index is 13.9. The van der Waals surface area contributed by atoms with Crippen LogP contribution in [0.2, 0.25) is 0 Å². The highest BCUT2D eigenvalue weighted by atomic mass is 16.3. The van der Waals surface area contributed by atoms with Crippen molar-refractivity contribution in [2.75, 3.05) is 13.2 Å². The van der Waals surface area contributed by atoms with Gasteiger partial charge in [-0.1, -0.05) is 45.9 Å². The molecule has 330 valence electrons. The molecule has 0 aliphatic heterocycles. The van der Waals surface area contributed by atoms with Crippen molar-refractivity contribution in [3.63, 3.8) is 0 Å². The van der Waals surface area contributed by atoms with Crippen LogP contribution in [0, 0.1) is 11.8 Å². The summed E-state index contributed by atoms with van der Waals surface area (Å²) in [6.45, 7) is 9.17. The minimum atomic E-state index is -1.20. The maximum Gasteiger partial charge on any atom is 0.243 e. The molecule has 3 aromatic heterocycles. The summed E-state index contributed by atoms with van der Waals surface area (Å²) in [5.74, 6) is -4.67. The third-order valence-electron chi connectivity index (χ3n) is 9.78. The first-order valence-corrected chi connectivity index (χ1v) is 20.2. The molecule has 7 amide bonds. The van der Waals surface area contributed by atoms with Crippen LogP contribution in [-0.2, 0) is 52.8 Å². The van der Waals surface area contributed by atoms with E-state index in [1.165, 1.54) is 38.9 Å². The Morgan fingerprint density at radius 3 is 1.84 bits per heavy atom. The number of carbonyl (C=O) groups excluding carboxylic acids is 7. The van der Waals surface area contributed by atoms with Gasteiger partial charge in [0.15, 0.2) is 0 Å². The number of nitrogens with one attached hydrogen (secondary N) is 10. The maximum absolute atomic E-state index is 13.9. The van der Waals surface area contributed by atoms with Crippen LogP contribution in [0.5, 0.6) is 0 Å². The van der Waals surface area contributed by atoms with E-state index in [1.54, 1.807) is 20.0 Å². The second-order valence-corrected chi connectivity index (χ2v) is 15.8. The predicted octanol–water partition coefficient (Wildman–Crippen LogP) is -0.599. The first-order valence-electron chi connectivity index (χ1n) is 20.2. The highest BCUT2D eigenvalue weighted by Crippen LogP contribution is 2.19. The van der Waals surface area contributed by atoms with Gasteiger partial charge in [-0.05, 0) is 36.8 Å². The van der Waals surface area contributed by atoms with E-state index in [2.05, 4.69) is 62.1 Å². The summed E-state index contributed by atoms with van der Waals surface area (Å²) in [4.78, 5) is 110. The number of rotatable bonds is 23. The van der Waals surface area contributed by atoms with Crippen LogP contribution >= 0.6 is 0 Å². The Morgan fingerprint density at radius 2 is 1.26 bits per heavy atom. The third-order valence-corrected chi connectivity index (χ3v) is 9.78. The molecular formula is C41H58N12O8. The van der Waals surface area contributed by atoms with Crippen molar-refractivity contribution in [2.24, 2.45) is 11.8 Å². The van der Waals surface area contributed by atoms with Gasteiger partial charge in [-0.15, -0.1) is 0 Å². The number of H-pyrrole nitrogens is 3. The van der Waals surface area contributed by atoms with Crippen molar-refractivity contribution in [2.45, 2.75) is 103 Å². The molecule has 0 bridgehead atoms. The van der Waals surface area contributed by atoms with Gasteiger partial charge in [0.05, 0.1) is 31.8 Å². The van der Waals surface area contributed by atoms with E-state index >= 15 is 0 Å². The number of amides is 7. The molecular weight excluding hydrogens is 789 g/mol. The van der Waals surface area contributed by atoms with E-state index in [1.807, 2.05) is 38.1 Å². The average Bonchev–Trinajstić information content (AvgIpc) is 4.01. The molecule has 0 saturated heterocycles. The number of hydrogen-bond acceptors (Lipinski definition) is 10. The minimum Gasteiger partial charge on any atom is -0.394 e. The standard InChI is InChI=1S/C41H58N12O8/c1-22(2)11-29(19-54)50-39(59)34(14-28-17-43-21-47-28)51-35(56)18-45-41(61)36(23(3)4)53-37(57)24(5)48-38(58)32(12-26-15-44-31-10-8-7-9-30(26)31)52-40(60)33(49-25(6)55)13-27-16-42-20-46-27/h7-10,15-17,20-24,29,32-34,36,44,54H,11-14,18-19H2,1-6H3,(H,42,46)(H,43,47)(H,45,61)(H,48,58)(H,49,55)(H,50,59)(H,51,56)(H,52,60)(H,53,57)/t24-,29?,32-,33-,34-,36-/m0/s1. The van der Waals surface area contributed by atoms with Crippen LogP contribution in [-0.4, -0.2) is 121 Å². The summed E-state index contributed by atoms with van der Waals surface area (Å²) in [5, 5.41) is 29.2. The fourth-order valence-corrected chi connectivity index (χ4v) is 6.66. The van der Waals surface area contributed by atoms with Gasteiger partial charge < -0.3 is 57.3 Å². The lowest BCUT2D eigenvalue weighted by Crippen LogP contribution is -2.59. The molecule has 11 N–H and O–H groups in total. The van der Waals surface area contributed by atoms with Gasteiger partial charge in [-0.3, -0.25) is 33.6 Å². The van der Waals surface area contributed by atoms with Crippen molar-refractivity contribution in [1.82, 2.24) is 62.1 Å². The summed E-state index contributed by atoms with van der Waals surface area (Å²) < 4.78 is 0. The average molecular weight is 847 g/mol. The molecule has 0 fully saturated rings. The highest BCUT2D eigenvalue weighted by molar-refractivity contribution is 5.97. The van der Waals surface area contributed by atoms with E-state index in [0.717, 1.165) is 10.9 Å². The van der Waals surface area contributed by atoms with E-state index < -0.39 is 90.1 Å². The fourth-order valence-electron chi connectivity index (χ4n) is 6.66. The van der Waals surface area contributed by atoms with Gasteiger partial charge >= 0.3 is 0 Å². The SMILES string of the molecule is CC(=O)N[C@@H](Cc1cnc[nH]1)C(=O)N[C@@H](Cc1c[nH]c2ccccc12)C(=O)N[C@@H](C)C(=O)N[C@H](C(=O)NCC(=O)N[C@@H](Cc1cnc[nH]1)C(=O)NC(CO)CC(C)C)C(C)C. The summed E-state index contributed by atoms with van der Waals surface area (Å²) in [7, 11) is 0. The van der Waals surface area contributed by atoms with Gasteiger partial charge in [0.1, 0.15) is 30.2 Å². The fraction of sp³-hybridized carbons (Fsp3) is 0.488. The molecule has 20 heteroatoms. The third kappa shape index (κ3) is 14.6. The minimum absolute atomic E-state index is 0.0240. The molecule has 0 spiro atoms. The number of nitrogens with zero attached hydrogens (tertiary/aromatic N) is 2. The Labute approximate surface area is 353 Å². The Hall–Kier alpha value is -6.57. The second kappa shape index (κ2) is 22.7. The van der Waals surface area contributed by atoms with Gasteiger partial charge in [0.2, 0.25) is 41.4 Å². The number of benzene rings is 1. The number of para-hydroxylation sites is 1. The summed E-state index contributed by atoms with van der Waals surface area (Å²) in [5.41, 5.74) is 2.68. The normalized spacial score (nSPS) is 14.2. The number of aliphatic hydroxyl groups excluding tert-OH is 1. The lowest BCUT2D eigenvalue weighted by Gasteiger charge is -2.26. The Morgan fingerprint density at radius 1 is 0.672 bits per heavy atom. The molecule has 4 rings (SSSR count). The molecule has 61 heavy (non-hydrogen) atoms. The molecule has 0 aliphatic rings. The Bertz CT molecular complexity index is 2080. The molecule has 0 radical (unpaired) electrons. The van der Waals surface area contributed by atoms with Crippen molar-refractivity contribution in [3.05, 3.63) is 72.5 Å². The van der Waals surface area contributed by atoms with Crippen LogP contribution in [0.4, 0.5) is 0 Å². The van der Waals surface area contributed by atoms with Crippen molar-refractivity contribution < 1.29 is 38.7 Å². The van der Waals surface area contributed by atoms with Crippen LogP contribution in [0.1, 0.15) is 64.9 Å². The summed E-state index contributed by atoms with van der Waals surface area (Å²) in [6, 6.07) is 1.25. The first-order chi connectivity index (χ1) is 29.0. The molecule has 3 heterocycles. The van der Waals surface area contributed by atoms with Crippen LogP contribution < -0.4 is 37.2 Å². The highest BCUT2D eigenvalue weighted by Gasteiger charge is 2.32. The number of fused-ring (bicyclic) bond motifs is 1. The summed E-state index contributed by atoms with van der Waals surface area (Å²) >= 11 is 0. The van der Waals surface area contributed by atoms with Crippen LogP contribution in [0.3, 0.4) is 0 Å². The zero-order valence-electron chi connectivity index (χ0n) is 35.3. The first kappa shape index (κ1) is 47.1. The molecule has 0 saturated carbocycles. The van der Waals surface area contributed by atoms with E-state index in [-0.39, 0.29) is 31.8 Å². The quantitative estimate of drug-likeness (QED) is 0.0451. The number of carbonyl (C=O) groups is 7. The second-order valence-electron chi connectivity index (χ2n) is 15.8. The number of aliphatic hydroxyl groups is 1. The molecule has 6 atom stereocenters. The number of aromatic nitrogens is 5. The van der Waals surface area contributed by atoms with Gasteiger partial charge in [0.25, 0.3) is 0 Å². The zero-order valence-corrected chi connectivity index (χ0v) is 35.3. The monoisotopic (exact) mass is 846 g/mol. The van der Waals surface area contributed by atoms with Crippen molar-refractivity contribution in [1.29, 1.82) is 0 Å². The summed E-state index contributed by atoms with van der Waals surface area (Å²) in [6.07, 6.45) is 8.30. The largest absolute Gasteiger partial charge is 0.394 e. The number of hydrogen-bond donors (Lipinski definition) is 11. The smallest absolute Gasteiger partial charge is 0.243 e. The molecule has 4 aromatic rings. The van der Waals surface area contributed by atoms with Crippen molar-refractivity contribution >= 4 is 52.3 Å². The number of aromatic amines is 3. The molecule has 0 aliphatic carbocycles. The lowest BCUT2D eigenvalue weighted by molar-refractivity contribution is -0.135. The number of imidazole rings is 2. The van der Waals surface area contributed by atoms with Gasteiger partial charge in [-0.2, -0.15) is 0 Å². The zero-order chi connectivity index (χ0) is 44.6. The molecule has 1 aromatic carbocycles. The van der Waals surface area contributed by atoms with E-state index in [4.69, 9.17) is 0 Å². The molecule has 20 nitrogen and oxygen atoms in total.